The van der Waals surface area contributed by atoms with Gasteiger partial charge in [0.25, 0.3) is 0 Å². The summed E-state index contributed by atoms with van der Waals surface area (Å²) in [6, 6.07) is 0. The van der Waals surface area contributed by atoms with E-state index in [1.165, 1.54) is 11.1 Å². The number of rotatable bonds is 0. The van der Waals surface area contributed by atoms with E-state index in [1.54, 1.807) is 19.1 Å². The molecule has 11 heavy (non-hydrogen) atoms. The molecular weight excluding hydrogens is 139 g/mol. The van der Waals surface area contributed by atoms with Crippen LogP contribution in [0.1, 0.15) is 19.8 Å². The molecule has 0 aliphatic heterocycles. The lowest BCUT2D eigenvalue weighted by Gasteiger charge is -2.16. The lowest BCUT2D eigenvalue weighted by atomic mass is 9.89. The van der Waals surface area contributed by atoms with Gasteiger partial charge in [-0.15, -0.1) is 0 Å². The van der Waals surface area contributed by atoms with Crippen LogP contribution in [0.15, 0.2) is 35.5 Å². The van der Waals surface area contributed by atoms with Crippen LogP contribution in [0.2, 0.25) is 0 Å². The molecule has 2 rings (SSSR count). The summed E-state index contributed by atoms with van der Waals surface area (Å²) in [6.07, 6.45) is 9.33. The molecule has 2 aliphatic carbocycles. The number of hydrogen-bond acceptors (Lipinski definition) is 0. The molecule has 0 aromatic rings. The summed E-state index contributed by atoms with van der Waals surface area (Å²) in [5.74, 6) is 0. The molecule has 58 valence electrons. The fourth-order valence-corrected chi connectivity index (χ4v) is 1.38. The zero-order valence-corrected chi connectivity index (χ0v) is 6.60. The number of halogens is 1. The normalized spacial score (nSPS) is 26.0. The van der Waals surface area contributed by atoms with E-state index in [1.807, 2.05) is 12.2 Å². The first-order valence-corrected chi connectivity index (χ1v) is 3.97. The van der Waals surface area contributed by atoms with E-state index in [-0.39, 0.29) is 0 Å². The predicted octanol–water partition coefficient (Wildman–Crippen LogP) is 2.93. The third-order valence-corrected chi connectivity index (χ3v) is 2.30. The summed E-state index contributed by atoms with van der Waals surface area (Å²) >= 11 is 0. The van der Waals surface area contributed by atoms with Gasteiger partial charge >= 0.3 is 0 Å². The lowest BCUT2D eigenvalue weighted by Crippen LogP contribution is -2.07. The van der Waals surface area contributed by atoms with Crippen molar-refractivity contribution in [1.29, 1.82) is 0 Å². The van der Waals surface area contributed by atoms with Crippen molar-refractivity contribution in [3.8, 4) is 0 Å². The van der Waals surface area contributed by atoms with Crippen molar-refractivity contribution in [3.63, 3.8) is 0 Å². The van der Waals surface area contributed by atoms with E-state index >= 15 is 0 Å². The van der Waals surface area contributed by atoms with E-state index in [4.69, 9.17) is 0 Å². The second-order valence-corrected chi connectivity index (χ2v) is 3.37. The van der Waals surface area contributed by atoms with Gasteiger partial charge in [-0.2, -0.15) is 0 Å². The minimum absolute atomic E-state index is 1.12. The summed E-state index contributed by atoms with van der Waals surface area (Å²) in [5, 5.41) is 0. The summed E-state index contributed by atoms with van der Waals surface area (Å²) in [7, 11) is 0. The first-order chi connectivity index (χ1) is 5.17. The first kappa shape index (κ1) is 6.84. The summed E-state index contributed by atoms with van der Waals surface area (Å²) in [5.41, 5.74) is 1.38. The molecule has 0 aromatic carbocycles. The van der Waals surface area contributed by atoms with Gasteiger partial charge in [0.2, 0.25) is 0 Å². The van der Waals surface area contributed by atoms with Crippen LogP contribution in [0.3, 0.4) is 0 Å². The molecule has 2 aliphatic rings. The van der Waals surface area contributed by atoms with Gasteiger partial charge in [-0.25, -0.2) is 4.39 Å². The Morgan fingerprint density at radius 2 is 1.64 bits per heavy atom. The van der Waals surface area contributed by atoms with Gasteiger partial charge in [-0.3, -0.25) is 0 Å². The lowest BCUT2D eigenvalue weighted by molar-refractivity contribution is 0.328. The smallest absolute Gasteiger partial charge is 0.145 e. The molecule has 0 unspecified atom stereocenters. The van der Waals surface area contributed by atoms with Crippen molar-refractivity contribution in [2.45, 2.75) is 25.4 Å². The van der Waals surface area contributed by atoms with Crippen molar-refractivity contribution in [1.82, 2.24) is 0 Å². The van der Waals surface area contributed by atoms with Crippen LogP contribution in [0.25, 0.3) is 0 Å². The molecule has 0 nitrogen and oxygen atoms in total. The molecule has 0 spiro atoms. The fourth-order valence-electron chi connectivity index (χ4n) is 1.38. The zero-order chi connectivity index (χ0) is 7.90. The number of alkyl halides is 1. The molecule has 0 radical (unpaired) electrons. The van der Waals surface area contributed by atoms with Gasteiger partial charge in [-0.1, -0.05) is 12.2 Å². The summed E-state index contributed by atoms with van der Waals surface area (Å²) < 4.78 is 13.3. The van der Waals surface area contributed by atoms with Gasteiger partial charge in [0.15, 0.2) is 0 Å². The largest absolute Gasteiger partial charge is 0.235 e. The Bertz CT molecular complexity index is 241. The Hall–Kier alpha value is -0.850. The Morgan fingerprint density at radius 1 is 1.18 bits per heavy atom. The van der Waals surface area contributed by atoms with Crippen molar-refractivity contribution in [2.75, 3.05) is 0 Å². The monoisotopic (exact) mass is 150 g/mol. The summed E-state index contributed by atoms with van der Waals surface area (Å²) in [6.45, 7) is 1.58. The average molecular weight is 150 g/mol. The highest BCUT2D eigenvalue weighted by Gasteiger charge is 2.21. The standard InChI is InChI=1S/C10H11F/c1-10(11)6-4-8-2-3-9(8)5-7-10/h4-7H,2-3H2,1H3. The first-order valence-electron chi connectivity index (χ1n) is 3.97. The van der Waals surface area contributed by atoms with Gasteiger partial charge in [0.1, 0.15) is 5.67 Å². The molecule has 0 aromatic heterocycles. The van der Waals surface area contributed by atoms with E-state index in [9.17, 15) is 4.39 Å². The van der Waals surface area contributed by atoms with Crippen LogP contribution in [-0.2, 0) is 0 Å². The van der Waals surface area contributed by atoms with Gasteiger partial charge in [0.05, 0.1) is 0 Å². The molecule has 0 N–H and O–H groups in total. The van der Waals surface area contributed by atoms with Gasteiger partial charge < -0.3 is 0 Å². The maximum Gasteiger partial charge on any atom is 0.145 e. The molecule has 0 fully saturated rings. The Kier molecular flexibility index (Phi) is 1.28. The second kappa shape index (κ2) is 2.07. The zero-order valence-electron chi connectivity index (χ0n) is 6.60. The van der Waals surface area contributed by atoms with Gasteiger partial charge in [-0.05, 0) is 43.1 Å². The molecule has 0 saturated carbocycles. The quantitative estimate of drug-likeness (QED) is 0.498. The molecule has 0 bridgehead atoms. The minimum atomic E-state index is -1.24. The minimum Gasteiger partial charge on any atom is -0.235 e. The SMILES string of the molecule is CC1(F)C=CC2=C(C=C1)CC2. The highest BCUT2D eigenvalue weighted by atomic mass is 19.1. The van der Waals surface area contributed by atoms with Crippen molar-refractivity contribution >= 4 is 0 Å². The topological polar surface area (TPSA) is 0 Å². The summed E-state index contributed by atoms with van der Waals surface area (Å²) in [4.78, 5) is 0. The van der Waals surface area contributed by atoms with E-state index in [0.29, 0.717) is 0 Å². The van der Waals surface area contributed by atoms with E-state index < -0.39 is 5.67 Å². The molecule has 0 atom stereocenters. The Labute approximate surface area is 66.1 Å². The van der Waals surface area contributed by atoms with Crippen LogP contribution in [0, 0.1) is 0 Å². The van der Waals surface area contributed by atoms with Crippen LogP contribution < -0.4 is 0 Å². The maximum atomic E-state index is 13.3. The Morgan fingerprint density at radius 3 is 2.00 bits per heavy atom. The van der Waals surface area contributed by atoms with Crippen molar-refractivity contribution in [2.24, 2.45) is 0 Å². The molecule has 1 heteroatoms. The van der Waals surface area contributed by atoms with Crippen molar-refractivity contribution < 1.29 is 4.39 Å². The van der Waals surface area contributed by atoms with Gasteiger partial charge in [0, 0.05) is 0 Å². The molecular formula is C10H11F. The highest BCUT2D eigenvalue weighted by Crippen LogP contribution is 2.33. The van der Waals surface area contributed by atoms with Crippen LogP contribution in [0.4, 0.5) is 4.39 Å². The Balaban J connectivity index is 2.35. The van der Waals surface area contributed by atoms with E-state index in [2.05, 4.69) is 0 Å². The van der Waals surface area contributed by atoms with Crippen LogP contribution in [0.5, 0.6) is 0 Å². The average Bonchev–Trinajstić information content (AvgIpc) is 1.91. The molecule has 0 saturated heterocycles. The van der Waals surface area contributed by atoms with Crippen LogP contribution in [-0.4, -0.2) is 5.67 Å². The second-order valence-electron chi connectivity index (χ2n) is 3.37. The predicted molar refractivity (Wildman–Crippen MR) is 44.1 cm³/mol. The number of hydrogen-bond donors (Lipinski definition) is 0. The highest BCUT2D eigenvalue weighted by molar-refractivity contribution is 5.45. The molecule has 0 heterocycles. The third kappa shape index (κ3) is 1.15. The van der Waals surface area contributed by atoms with E-state index in [0.717, 1.165) is 12.8 Å². The maximum absolute atomic E-state index is 13.3. The van der Waals surface area contributed by atoms with Crippen molar-refractivity contribution in [3.05, 3.63) is 35.5 Å². The fraction of sp³-hybridized carbons (Fsp3) is 0.400. The molecule has 0 amide bonds. The van der Waals surface area contributed by atoms with Crippen LogP contribution >= 0.6 is 0 Å². The number of allylic oxidation sites excluding steroid dienone is 6. The third-order valence-electron chi connectivity index (χ3n) is 2.30.